The molecule has 5 aromatic rings. The zero-order valence-electron chi connectivity index (χ0n) is 30.4. The van der Waals surface area contributed by atoms with Crippen LogP contribution in [0.25, 0.3) is 11.1 Å². The van der Waals surface area contributed by atoms with Crippen LogP contribution in [0, 0.1) is 0 Å². The topological polar surface area (TPSA) is 93.7 Å². The number of ether oxygens (including phenoxy) is 1. The molecule has 0 spiro atoms. The minimum Gasteiger partial charge on any atom is -0.518 e. The van der Waals surface area contributed by atoms with Gasteiger partial charge in [0.15, 0.2) is 0 Å². The summed E-state index contributed by atoms with van der Waals surface area (Å²) in [5, 5.41) is 5.74. The molecule has 0 unspecified atom stereocenters. The molecule has 0 heterocycles. The van der Waals surface area contributed by atoms with Gasteiger partial charge >= 0.3 is 12.1 Å². The van der Waals surface area contributed by atoms with Crippen LogP contribution in [0.15, 0.2) is 140 Å². The standard InChI is InChI=1S/C44H46N2O5Si/c1-43(2,3)52(4,5)51-41(48)39(45-42(49)50-30-38-36-27-17-15-25-34(36)35-26-16-18-28-37(35)38)29-40(47)46-44(31-19-9-6-10-20-31,32-21-11-7-12-22-32)33-23-13-8-14-24-33/h6-28,38-39H,29-30H2,1-5H3,(H,45,49)(H,46,47)/t39-/m1/s1. The maximum absolute atomic E-state index is 14.4. The molecular formula is C44H46N2O5Si. The summed E-state index contributed by atoms with van der Waals surface area (Å²) in [5.41, 5.74) is 5.78. The lowest BCUT2D eigenvalue weighted by molar-refractivity contribution is -0.140. The van der Waals surface area contributed by atoms with Gasteiger partial charge in [-0.1, -0.05) is 160 Å². The number of rotatable bonds is 11. The molecule has 2 N–H and O–H groups in total. The second kappa shape index (κ2) is 15.0. The summed E-state index contributed by atoms with van der Waals surface area (Å²) < 4.78 is 12.0. The van der Waals surface area contributed by atoms with Gasteiger partial charge < -0.3 is 19.8 Å². The van der Waals surface area contributed by atoms with E-state index in [2.05, 4.69) is 22.8 Å². The Hall–Kier alpha value is -5.47. The van der Waals surface area contributed by atoms with Crippen LogP contribution < -0.4 is 10.6 Å². The molecule has 1 aliphatic rings. The first kappa shape index (κ1) is 36.3. The van der Waals surface area contributed by atoms with Crippen LogP contribution in [0.4, 0.5) is 4.79 Å². The Balaban J connectivity index is 1.28. The molecule has 6 rings (SSSR count). The molecule has 0 fully saturated rings. The van der Waals surface area contributed by atoms with Gasteiger partial charge in [-0.2, -0.15) is 0 Å². The maximum Gasteiger partial charge on any atom is 0.407 e. The molecule has 0 saturated heterocycles. The Morgan fingerprint density at radius 3 is 1.52 bits per heavy atom. The summed E-state index contributed by atoms with van der Waals surface area (Å²) >= 11 is 0. The van der Waals surface area contributed by atoms with Crippen LogP contribution in [0.3, 0.4) is 0 Å². The van der Waals surface area contributed by atoms with Crippen molar-refractivity contribution in [3.63, 3.8) is 0 Å². The maximum atomic E-state index is 14.4. The fourth-order valence-electron chi connectivity index (χ4n) is 6.68. The number of amides is 2. The smallest absolute Gasteiger partial charge is 0.407 e. The molecule has 0 radical (unpaired) electrons. The average Bonchev–Trinajstić information content (AvgIpc) is 3.46. The van der Waals surface area contributed by atoms with Gasteiger partial charge in [-0.15, -0.1) is 0 Å². The Bertz CT molecular complexity index is 1880. The Kier molecular flexibility index (Phi) is 10.5. The first-order valence-corrected chi connectivity index (χ1v) is 20.6. The summed E-state index contributed by atoms with van der Waals surface area (Å²) in [6.07, 6.45) is -1.17. The Morgan fingerprint density at radius 2 is 1.08 bits per heavy atom. The summed E-state index contributed by atoms with van der Waals surface area (Å²) in [7, 11) is -2.63. The highest BCUT2D eigenvalue weighted by Crippen LogP contribution is 2.44. The second-order valence-electron chi connectivity index (χ2n) is 14.8. The van der Waals surface area contributed by atoms with Gasteiger partial charge in [0.25, 0.3) is 8.32 Å². The highest BCUT2D eigenvalue weighted by Gasteiger charge is 2.43. The molecular weight excluding hydrogens is 665 g/mol. The predicted molar refractivity (Wildman–Crippen MR) is 207 cm³/mol. The van der Waals surface area contributed by atoms with Gasteiger partial charge in [-0.25, -0.2) is 4.79 Å². The minimum absolute atomic E-state index is 0.0647. The minimum atomic E-state index is -2.63. The van der Waals surface area contributed by atoms with Crippen molar-refractivity contribution in [3.8, 4) is 11.1 Å². The lowest BCUT2D eigenvalue weighted by atomic mass is 9.77. The van der Waals surface area contributed by atoms with Crippen molar-refractivity contribution in [1.82, 2.24) is 10.6 Å². The monoisotopic (exact) mass is 710 g/mol. The SMILES string of the molecule is CC(C)(C)[Si](C)(C)OC(=O)[C@@H](CC(=O)NC(c1ccccc1)(c1ccccc1)c1ccccc1)NC(=O)OCC1c2ccccc2-c2ccccc21. The molecule has 1 atom stereocenters. The fraction of sp³-hybridized carbons (Fsp3) is 0.250. The van der Waals surface area contributed by atoms with E-state index in [1.54, 1.807) is 0 Å². The zero-order chi connectivity index (χ0) is 36.9. The summed E-state index contributed by atoms with van der Waals surface area (Å²) in [6.45, 7) is 10.1. The normalized spacial score (nSPS) is 13.3. The van der Waals surface area contributed by atoms with Crippen molar-refractivity contribution in [2.24, 2.45) is 0 Å². The van der Waals surface area contributed by atoms with Gasteiger partial charge in [0.2, 0.25) is 5.91 Å². The lowest BCUT2D eigenvalue weighted by Gasteiger charge is -2.38. The Labute approximate surface area is 307 Å². The van der Waals surface area contributed by atoms with Crippen LogP contribution >= 0.6 is 0 Å². The molecule has 0 aliphatic heterocycles. The summed E-state index contributed by atoms with van der Waals surface area (Å²) in [5.74, 6) is -1.28. The van der Waals surface area contributed by atoms with Crippen LogP contribution in [-0.4, -0.2) is 38.9 Å². The highest BCUT2D eigenvalue weighted by atomic mass is 28.4. The number of hydrogen-bond donors (Lipinski definition) is 2. The summed E-state index contributed by atoms with van der Waals surface area (Å²) in [6, 6.07) is 44.1. The quantitative estimate of drug-likeness (QED) is 0.106. The number of carbonyl (C=O) groups is 3. The molecule has 0 saturated carbocycles. The third kappa shape index (κ3) is 7.43. The third-order valence-electron chi connectivity index (χ3n) is 10.4. The van der Waals surface area contributed by atoms with E-state index < -0.39 is 37.9 Å². The van der Waals surface area contributed by atoms with E-state index in [9.17, 15) is 14.4 Å². The van der Waals surface area contributed by atoms with Crippen molar-refractivity contribution in [2.45, 2.75) is 62.8 Å². The number of carbonyl (C=O) groups excluding carboxylic acids is 3. The number of hydrogen-bond acceptors (Lipinski definition) is 5. The van der Waals surface area contributed by atoms with Crippen molar-refractivity contribution in [1.29, 1.82) is 0 Å². The fourth-order valence-corrected chi connectivity index (χ4v) is 7.63. The molecule has 1 aliphatic carbocycles. The average molecular weight is 711 g/mol. The predicted octanol–water partition coefficient (Wildman–Crippen LogP) is 8.94. The van der Waals surface area contributed by atoms with Gasteiger partial charge in [-0.05, 0) is 57.1 Å². The molecule has 5 aromatic carbocycles. The van der Waals surface area contributed by atoms with E-state index in [0.29, 0.717) is 0 Å². The van der Waals surface area contributed by atoms with Crippen molar-refractivity contribution < 1.29 is 23.5 Å². The molecule has 266 valence electrons. The first-order valence-electron chi connectivity index (χ1n) is 17.7. The van der Waals surface area contributed by atoms with E-state index in [-0.39, 0.29) is 24.0 Å². The van der Waals surface area contributed by atoms with Crippen LogP contribution in [0.2, 0.25) is 18.1 Å². The lowest BCUT2D eigenvalue weighted by Crippen LogP contribution is -2.53. The van der Waals surface area contributed by atoms with Gasteiger partial charge in [-0.3, -0.25) is 9.59 Å². The van der Waals surface area contributed by atoms with E-state index in [1.807, 2.05) is 161 Å². The van der Waals surface area contributed by atoms with Gasteiger partial charge in [0, 0.05) is 5.92 Å². The van der Waals surface area contributed by atoms with E-state index in [0.717, 1.165) is 38.9 Å². The first-order chi connectivity index (χ1) is 24.9. The summed E-state index contributed by atoms with van der Waals surface area (Å²) in [4.78, 5) is 42.0. The zero-order valence-corrected chi connectivity index (χ0v) is 31.4. The van der Waals surface area contributed by atoms with E-state index in [4.69, 9.17) is 9.16 Å². The van der Waals surface area contributed by atoms with Gasteiger partial charge in [0.1, 0.15) is 18.2 Å². The van der Waals surface area contributed by atoms with Crippen LogP contribution in [0.5, 0.6) is 0 Å². The van der Waals surface area contributed by atoms with E-state index in [1.165, 1.54) is 0 Å². The van der Waals surface area contributed by atoms with E-state index >= 15 is 0 Å². The Morgan fingerprint density at radius 1 is 0.654 bits per heavy atom. The van der Waals surface area contributed by atoms with Gasteiger partial charge in [0.05, 0.1) is 6.42 Å². The van der Waals surface area contributed by atoms with Crippen molar-refractivity contribution in [2.75, 3.05) is 6.61 Å². The second-order valence-corrected chi connectivity index (χ2v) is 19.5. The molecule has 52 heavy (non-hydrogen) atoms. The number of alkyl carbamates (subject to hydrolysis) is 1. The number of fused-ring (bicyclic) bond motifs is 3. The molecule has 0 aromatic heterocycles. The highest BCUT2D eigenvalue weighted by molar-refractivity contribution is 6.75. The number of benzene rings is 5. The van der Waals surface area contributed by atoms with Crippen LogP contribution in [0.1, 0.15) is 60.9 Å². The largest absolute Gasteiger partial charge is 0.518 e. The van der Waals surface area contributed by atoms with Crippen molar-refractivity contribution >= 4 is 26.3 Å². The molecule has 7 nitrogen and oxygen atoms in total. The third-order valence-corrected chi connectivity index (χ3v) is 14.7. The molecule has 2 amide bonds. The van der Waals surface area contributed by atoms with Crippen LogP contribution in [-0.2, 0) is 24.3 Å². The molecule has 0 bridgehead atoms. The number of nitrogens with one attached hydrogen (secondary N) is 2. The molecule has 8 heteroatoms. The van der Waals surface area contributed by atoms with Crippen molar-refractivity contribution in [3.05, 3.63) is 167 Å².